The highest BCUT2D eigenvalue weighted by Gasteiger charge is 2.14. The molecule has 1 N–H and O–H groups in total. The summed E-state index contributed by atoms with van der Waals surface area (Å²) in [5.74, 6) is 0.194. The Morgan fingerprint density at radius 1 is 1.25 bits per heavy atom. The van der Waals surface area contributed by atoms with Gasteiger partial charge in [-0.3, -0.25) is 4.79 Å². The minimum Gasteiger partial charge on any atom is -0.508 e. The van der Waals surface area contributed by atoms with Crippen molar-refractivity contribution in [3.63, 3.8) is 0 Å². The smallest absolute Gasteiger partial charge is 0.202 e. The number of aromatic hydroxyl groups is 1. The lowest BCUT2D eigenvalue weighted by atomic mass is 10.0. The number of phenolic OH excluding ortho intramolecular Hbond substituents is 1. The monoisotopic (exact) mass is 343 g/mol. The van der Waals surface area contributed by atoms with Crippen molar-refractivity contribution < 1.29 is 9.52 Å². The van der Waals surface area contributed by atoms with Crippen molar-refractivity contribution >= 4 is 22.3 Å². The minimum atomic E-state index is -0.101. The number of phenols is 1. The normalized spacial score (nSPS) is 11.2. The molecular formula is C19H21NO3S. The lowest BCUT2D eigenvalue weighted by Gasteiger charge is -2.07. The van der Waals surface area contributed by atoms with Crippen LogP contribution in [0.4, 0.5) is 0 Å². The van der Waals surface area contributed by atoms with Crippen molar-refractivity contribution in [3.8, 4) is 17.0 Å². The fourth-order valence-electron chi connectivity index (χ4n) is 2.82. The van der Waals surface area contributed by atoms with Crippen molar-refractivity contribution in [2.45, 2.75) is 46.0 Å². The standard InChI is InChI=1S/C19H21NO3S/c1-3-4-5-6-7-13-8-14-18(9-17(13)21)23-10-15(19(14)22)16-11-24-12(2)20-16/h8-11,21H,3-7H2,1-2H3. The number of hydrogen-bond acceptors (Lipinski definition) is 5. The number of thiazole rings is 1. The Morgan fingerprint density at radius 2 is 2.08 bits per heavy atom. The zero-order valence-corrected chi connectivity index (χ0v) is 14.8. The van der Waals surface area contributed by atoms with Gasteiger partial charge in [0, 0.05) is 11.4 Å². The van der Waals surface area contributed by atoms with Crippen molar-refractivity contribution in [1.29, 1.82) is 0 Å². The van der Waals surface area contributed by atoms with E-state index in [2.05, 4.69) is 11.9 Å². The first-order valence-corrected chi connectivity index (χ1v) is 9.18. The molecule has 0 atom stereocenters. The molecule has 2 aromatic heterocycles. The predicted octanol–water partition coefficient (Wildman–Crippen LogP) is 5.05. The maximum Gasteiger partial charge on any atom is 0.202 e. The molecule has 0 saturated heterocycles. The van der Waals surface area contributed by atoms with Crippen LogP contribution in [0.5, 0.6) is 5.75 Å². The third kappa shape index (κ3) is 3.36. The molecule has 0 radical (unpaired) electrons. The Balaban J connectivity index is 2.00. The molecule has 126 valence electrons. The number of fused-ring (bicyclic) bond motifs is 1. The maximum absolute atomic E-state index is 12.8. The van der Waals surface area contributed by atoms with Gasteiger partial charge in [0.05, 0.1) is 21.7 Å². The second-order valence-corrected chi connectivity index (χ2v) is 7.08. The van der Waals surface area contributed by atoms with Crippen LogP contribution in [0, 0.1) is 6.92 Å². The maximum atomic E-state index is 12.8. The lowest BCUT2D eigenvalue weighted by molar-refractivity contribution is 0.465. The molecule has 0 aliphatic rings. The van der Waals surface area contributed by atoms with E-state index in [1.807, 2.05) is 12.3 Å². The van der Waals surface area contributed by atoms with Gasteiger partial charge < -0.3 is 9.52 Å². The molecular weight excluding hydrogens is 322 g/mol. The van der Waals surface area contributed by atoms with Gasteiger partial charge in [-0.25, -0.2) is 4.98 Å². The Morgan fingerprint density at radius 3 is 2.79 bits per heavy atom. The molecule has 0 spiro atoms. The van der Waals surface area contributed by atoms with Gasteiger partial charge in [0.1, 0.15) is 17.6 Å². The average molecular weight is 343 g/mol. The van der Waals surface area contributed by atoms with Gasteiger partial charge in [0.25, 0.3) is 0 Å². The Hall–Kier alpha value is -2.14. The number of nitrogens with zero attached hydrogens (tertiary/aromatic N) is 1. The van der Waals surface area contributed by atoms with E-state index in [9.17, 15) is 9.90 Å². The number of aromatic nitrogens is 1. The summed E-state index contributed by atoms with van der Waals surface area (Å²) in [4.78, 5) is 17.2. The minimum absolute atomic E-state index is 0.101. The third-order valence-corrected chi connectivity index (χ3v) is 4.94. The van der Waals surface area contributed by atoms with E-state index in [0.29, 0.717) is 22.2 Å². The molecule has 3 rings (SSSR count). The molecule has 1 aromatic carbocycles. The number of hydrogen-bond donors (Lipinski definition) is 1. The van der Waals surface area contributed by atoms with Crippen molar-refractivity contribution in [3.05, 3.63) is 44.6 Å². The summed E-state index contributed by atoms with van der Waals surface area (Å²) in [6, 6.07) is 3.31. The largest absolute Gasteiger partial charge is 0.508 e. The summed E-state index contributed by atoms with van der Waals surface area (Å²) in [5, 5.41) is 13.4. The van der Waals surface area contributed by atoms with E-state index >= 15 is 0 Å². The number of benzene rings is 1. The van der Waals surface area contributed by atoms with E-state index in [0.717, 1.165) is 29.8 Å². The summed E-state index contributed by atoms with van der Waals surface area (Å²) in [5.41, 5.74) is 2.22. The highest BCUT2D eigenvalue weighted by Crippen LogP contribution is 2.27. The highest BCUT2D eigenvalue weighted by atomic mass is 32.1. The SMILES string of the molecule is CCCCCCc1cc2c(=O)c(-c3csc(C)n3)coc2cc1O. The Kier molecular flexibility index (Phi) is 5.00. The third-order valence-electron chi connectivity index (χ3n) is 4.17. The molecule has 0 amide bonds. The summed E-state index contributed by atoms with van der Waals surface area (Å²) in [7, 11) is 0. The summed E-state index contributed by atoms with van der Waals surface area (Å²) < 4.78 is 5.57. The van der Waals surface area contributed by atoms with Gasteiger partial charge >= 0.3 is 0 Å². The first kappa shape index (κ1) is 16.7. The summed E-state index contributed by atoms with van der Waals surface area (Å²) >= 11 is 1.50. The van der Waals surface area contributed by atoms with Crippen LogP contribution in [-0.2, 0) is 6.42 Å². The van der Waals surface area contributed by atoms with Crippen LogP contribution >= 0.6 is 11.3 Å². The van der Waals surface area contributed by atoms with Crippen LogP contribution in [0.3, 0.4) is 0 Å². The molecule has 0 fully saturated rings. The van der Waals surface area contributed by atoms with Gasteiger partial charge in [-0.1, -0.05) is 26.2 Å². The Labute approximate surface area is 144 Å². The van der Waals surface area contributed by atoms with Gasteiger partial charge in [-0.15, -0.1) is 11.3 Å². The fraction of sp³-hybridized carbons (Fsp3) is 0.368. The molecule has 5 heteroatoms. The predicted molar refractivity (Wildman–Crippen MR) is 97.8 cm³/mol. The Bertz CT molecular complexity index is 911. The summed E-state index contributed by atoms with van der Waals surface area (Å²) in [6.07, 6.45) is 6.68. The van der Waals surface area contributed by atoms with E-state index < -0.39 is 0 Å². The van der Waals surface area contributed by atoms with Crippen LogP contribution in [0.25, 0.3) is 22.2 Å². The first-order valence-electron chi connectivity index (χ1n) is 8.30. The first-order chi connectivity index (χ1) is 11.6. The van der Waals surface area contributed by atoms with Crippen LogP contribution < -0.4 is 5.43 Å². The van der Waals surface area contributed by atoms with Gasteiger partial charge in [-0.2, -0.15) is 0 Å². The van der Waals surface area contributed by atoms with Crippen LogP contribution in [0.15, 0.2) is 33.0 Å². The highest BCUT2D eigenvalue weighted by molar-refractivity contribution is 7.09. The quantitative estimate of drug-likeness (QED) is 0.636. The number of unbranched alkanes of at least 4 members (excludes halogenated alkanes) is 3. The number of rotatable bonds is 6. The molecule has 0 aliphatic heterocycles. The molecule has 0 bridgehead atoms. The second kappa shape index (κ2) is 7.18. The second-order valence-electron chi connectivity index (χ2n) is 6.02. The van der Waals surface area contributed by atoms with E-state index in [1.54, 1.807) is 12.1 Å². The van der Waals surface area contributed by atoms with Crippen LogP contribution in [-0.4, -0.2) is 10.1 Å². The molecule has 24 heavy (non-hydrogen) atoms. The van der Waals surface area contributed by atoms with Crippen molar-refractivity contribution in [2.75, 3.05) is 0 Å². The lowest BCUT2D eigenvalue weighted by Crippen LogP contribution is -2.05. The topological polar surface area (TPSA) is 63.3 Å². The fourth-order valence-corrected chi connectivity index (χ4v) is 3.43. The molecule has 2 heterocycles. The molecule has 0 unspecified atom stereocenters. The van der Waals surface area contributed by atoms with E-state index in [1.165, 1.54) is 30.4 Å². The van der Waals surface area contributed by atoms with Gasteiger partial charge in [-0.05, 0) is 31.4 Å². The molecule has 0 aliphatic carbocycles. The molecule has 0 saturated carbocycles. The van der Waals surface area contributed by atoms with E-state index in [4.69, 9.17) is 4.42 Å². The summed E-state index contributed by atoms with van der Waals surface area (Å²) in [6.45, 7) is 4.07. The van der Waals surface area contributed by atoms with Crippen molar-refractivity contribution in [1.82, 2.24) is 4.98 Å². The van der Waals surface area contributed by atoms with E-state index in [-0.39, 0.29) is 11.2 Å². The van der Waals surface area contributed by atoms with Crippen LogP contribution in [0.1, 0.15) is 43.2 Å². The zero-order valence-electron chi connectivity index (χ0n) is 14.0. The average Bonchev–Trinajstić information content (AvgIpc) is 2.99. The van der Waals surface area contributed by atoms with Gasteiger partial charge in [0.2, 0.25) is 5.43 Å². The van der Waals surface area contributed by atoms with Gasteiger partial charge in [0.15, 0.2) is 0 Å². The molecule has 3 aromatic rings. The van der Waals surface area contributed by atoms with Crippen LogP contribution in [0.2, 0.25) is 0 Å². The zero-order chi connectivity index (χ0) is 17.1. The number of aryl methyl sites for hydroxylation is 2. The van der Waals surface area contributed by atoms with Crippen molar-refractivity contribution in [2.24, 2.45) is 0 Å². The molecule has 4 nitrogen and oxygen atoms in total.